The third-order valence-corrected chi connectivity index (χ3v) is 6.15. The van der Waals surface area contributed by atoms with E-state index in [4.69, 9.17) is 32.7 Å². The summed E-state index contributed by atoms with van der Waals surface area (Å²) >= 11 is 12.4. The molecule has 0 atom stereocenters. The number of ether oxygens (including phenoxy) is 2. The van der Waals surface area contributed by atoms with E-state index in [1.807, 2.05) is 17.0 Å². The Morgan fingerprint density at radius 2 is 1.76 bits per heavy atom. The molecule has 5 nitrogen and oxygen atoms in total. The van der Waals surface area contributed by atoms with Crippen LogP contribution in [0, 0.1) is 0 Å². The van der Waals surface area contributed by atoms with Gasteiger partial charge in [0.2, 0.25) is 0 Å². The fourth-order valence-corrected chi connectivity index (χ4v) is 4.68. The van der Waals surface area contributed by atoms with Gasteiger partial charge in [-0.25, -0.2) is 0 Å². The Hall–Kier alpha value is -2.37. The van der Waals surface area contributed by atoms with Gasteiger partial charge >= 0.3 is 0 Å². The molecule has 29 heavy (non-hydrogen) atoms. The smallest absolute Gasteiger partial charge is 0.253 e. The van der Waals surface area contributed by atoms with Crippen molar-refractivity contribution < 1.29 is 14.3 Å². The largest absolute Gasteiger partial charge is 0.497 e. The molecule has 1 amide bonds. The van der Waals surface area contributed by atoms with E-state index < -0.39 is 0 Å². The number of likely N-dealkylation sites (tertiary alicyclic amines) is 1. The average Bonchev–Trinajstić information content (AvgIpc) is 3.16. The lowest BCUT2D eigenvalue weighted by molar-refractivity contribution is 0.0713. The third-order valence-electron chi connectivity index (χ3n) is 5.59. The summed E-state index contributed by atoms with van der Waals surface area (Å²) in [6, 6.07) is 9.29. The monoisotopic (exact) mass is 432 g/mol. The molecule has 1 aromatic heterocycles. The first-order valence-corrected chi connectivity index (χ1v) is 10.2. The molecule has 2 aromatic carbocycles. The maximum atomic E-state index is 12.9. The molecule has 0 spiro atoms. The first-order valence-electron chi connectivity index (χ1n) is 9.49. The zero-order valence-corrected chi connectivity index (χ0v) is 17.8. The molecule has 3 aromatic rings. The molecule has 0 radical (unpaired) electrons. The summed E-state index contributed by atoms with van der Waals surface area (Å²) < 4.78 is 10.5. The number of hydrogen-bond acceptors (Lipinski definition) is 3. The molecule has 152 valence electrons. The van der Waals surface area contributed by atoms with Gasteiger partial charge in [-0.05, 0) is 54.7 Å². The highest BCUT2D eigenvalue weighted by molar-refractivity contribution is 6.37. The molecule has 1 aliphatic rings. The zero-order chi connectivity index (χ0) is 20.5. The second-order valence-corrected chi connectivity index (χ2v) is 8.01. The number of amides is 1. The minimum absolute atomic E-state index is 0.0597. The van der Waals surface area contributed by atoms with Crippen molar-refractivity contribution in [3.8, 4) is 11.5 Å². The Bertz CT molecular complexity index is 1030. The Kier molecular flexibility index (Phi) is 5.61. The van der Waals surface area contributed by atoms with Crippen LogP contribution in [0.15, 0.2) is 36.5 Å². The van der Waals surface area contributed by atoms with Crippen LogP contribution in [0.25, 0.3) is 10.9 Å². The van der Waals surface area contributed by atoms with Crippen molar-refractivity contribution in [2.24, 2.45) is 0 Å². The van der Waals surface area contributed by atoms with Crippen molar-refractivity contribution in [3.63, 3.8) is 0 Å². The Morgan fingerprint density at radius 1 is 1.07 bits per heavy atom. The molecule has 0 bridgehead atoms. The first kappa shape index (κ1) is 19.9. The first-order chi connectivity index (χ1) is 14.0. The van der Waals surface area contributed by atoms with Gasteiger partial charge in [0.15, 0.2) is 5.75 Å². The lowest BCUT2D eigenvalue weighted by Gasteiger charge is -2.32. The highest BCUT2D eigenvalue weighted by Crippen LogP contribution is 2.37. The minimum Gasteiger partial charge on any atom is -0.497 e. The molecule has 0 unspecified atom stereocenters. The van der Waals surface area contributed by atoms with Crippen LogP contribution in [0.3, 0.4) is 0 Å². The number of fused-ring (bicyclic) bond motifs is 1. The predicted molar refractivity (Wildman–Crippen MR) is 116 cm³/mol. The van der Waals surface area contributed by atoms with Gasteiger partial charge in [-0.15, -0.1) is 0 Å². The van der Waals surface area contributed by atoms with Crippen molar-refractivity contribution in [2.75, 3.05) is 27.3 Å². The lowest BCUT2D eigenvalue weighted by Crippen LogP contribution is -2.37. The number of aromatic nitrogens is 1. The van der Waals surface area contributed by atoms with Gasteiger partial charge in [-0.3, -0.25) is 4.79 Å². The van der Waals surface area contributed by atoms with Crippen molar-refractivity contribution >= 4 is 40.0 Å². The normalized spacial score (nSPS) is 15.0. The number of halogens is 2. The number of carbonyl (C=O) groups is 1. The van der Waals surface area contributed by atoms with Crippen LogP contribution in [0.1, 0.15) is 34.7 Å². The second kappa shape index (κ2) is 8.17. The molecular formula is C22H22Cl2N2O3. The van der Waals surface area contributed by atoms with Gasteiger partial charge < -0.3 is 19.4 Å². The molecule has 1 N–H and O–H groups in total. The number of methoxy groups -OCH3 is 2. The van der Waals surface area contributed by atoms with Crippen LogP contribution in [0.5, 0.6) is 11.5 Å². The van der Waals surface area contributed by atoms with E-state index in [-0.39, 0.29) is 5.91 Å². The van der Waals surface area contributed by atoms with Gasteiger partial charge in [0.1, 0.15) is 5.75 Å². The maximum Gasteiger partial charge on any atom is 0.253 e. The number of hydrogen-bond donors (Lipinski definition) is 1. The summed E-state index contributed by atoms with van der Waals surface area (Å²) in [7, 11) is 3.18. The van der Waals surface area contributed by atoms with Gasteiger partial charge in [0.05, 0.1) is 24.3 Å². The molecule has 2 heterocycles. The number of benzene rings is 2. The highest BCUT2D eigenvalue weighted by Gasteiger charge is 2.27. The second-order valence-electron chi connectivity index (χ2n) is 7.20. The summed E-state index contributed by atoms with van der Waals surface area (Å²) in [6.07, 6.45) is 3.87. The number of carbonyl (C=O) groups excluding carboxylic acids is 1. The van der Waals surface area contributed by atoms with E-state index in [0.717, 1.165) is 24.1 Å². The van der Waals surface area contributed by atoms with E-state index >= 15 is 0 Å². The molecule has 0 saturated carbocycles. The highest BCUT2D eigenvalue weighted by atomic mass is 35.5. The number of H-pyrrole nitrogens is 1. The minimum atomic E-state index is -0.0597. The summed E-state index contributed by atoms with van der Waals surface area (Å²) in [4.78, 5) is 18.1. The van der Waals surface area contributed by atoms with E-state index in [2.05, 4.69) is 17.2 Å². The number of aromatic amines is 1. The molecule has 0 aliphatic carbocycles. The Labute approximate surface area is 179 Å². The van der Waals surface area contributed by atoms with Crippen molar-refractivity contribution in [1.29, 1.82) is 0 Å². The molecule has 1 saturated heterocycles. The molecule has 4 rings (SSSR count). The third kappa shape index (κ3) is 3.77. The van der Waals surface area contributed by atoms with Crippen molar-refractivity contribution in [1.82, 2.24) is 9.88 Å². The van der Waals surface area contributed by atoms with E-state index in [9.17, 15) is 4.79 Å². The fourth-order valence-electron chi connectivity index (χ4n) is 4.04. The van der Waals surface area contributed by atoms with E-state index in [1.54, 1.807) is 19.2 Å². The van der Waals surface area contributed by atoms with Crippen LogP contribution < -0.4 is 9.47 Å². The molecule has 1 fully saturated rings. The topological polar surface area (TPSA) is 54.6 Å². The van der Waals surface area contributed by atoms with E-state index in [0.29, 0.717) is 40.4 Å². The van der Waals surface area contributed by atoms with E-state index in [1.165, 1.54) is 18.1 Å². The summed E-state index contributed by atoms with van der Waals surface area (Å²) in [6.45, 7) is 1.36. The fraction of sp³-hybridized carbons (Fsp3) is 0.318. The summed E-state index contributed by atoms with van der Waals surface area (Å²) in [5, 5.41) is 1.86. The van der Waals surface area contributed by atoms with Gasteiger partial charge in [-0.1, -0.05) is 23.2 Å². The molecule has 1 aliphatic heterocycles. The van der Waals surface area contributed by atoms with Gasteiger partial charge in [0, 0.05) is 35.8 Å². The molecule has 7 heteroatoms. The molecular weight excluding hydrogens is 411 g/mol. The van der Waals surface area contributed by atoms with Crippen LogP contribution in [-0.4, -0.2) is 43.1 Å². The van der Waals surface area contributed by atoms with Crippen LogP contribution in [0.4, 0.5) is 0 Å². The number of nitrogens with one attached hydrogen (secondary N) is 1. The number of piperidine rings is 1. The predicted octanol–water partition coefficient (Wildman–Crippen LogP) is 5.51. The zero-order valence-electron chi connectivity index (χ0n) is 16.3. The maximum absolute atomic E-state index is 12.9. The number of rotatable bonds is 4. The van der Waals surface area contributed by atoms with Gasteiger partial charge in [-0.2, -0.15) is 0 Å². The Balaban J connectivity index is 1.49. The van der Waals surface area contributed by atoms with Crippen LogP contribution in [0.2, 0.25) is 10.0 Å². The quantitative estimate of drug-likeness (QED) is 0.590. The van der Waals surface area contributed by atoms with Crippen LogP contribution in [-0.2, 0) is 0 Å². The number of nitrogens with zero attached hydrogens (tertiary/aromatic N) is 1. The van der Waals surface area contributed by atoms with Gasteiger partial charge in [0.25, 0.3) is 5.91 Å². The van der Waals surface area contributed by atoms with Crippen LogP contribution >= 0.6 is 23.2 Å². The summed E-state index contributed by atoms with van der Waals surface area (Å²) in [5.41, 5.74) is 2.86. The lowest BCUT2D eigenvalue weighted by atomic mass is 9.89. The SMILES string of the molecule is COc1ccc2[nH]cc(C3CCN(C(=O)c4cc(Cl)c(OC)c(Cl)c4)CC3)c2c1. The van der Waals surface area contributed by atoms with Crippen molar-refractivity contribution in [3.05, 3.63) is 57.7 Å². The van der Waals surface area contributed by atoms with Crippen molar-refractivity contribution in [2.45, 2.75) is 18.8 Å². The Morgan fingerprint density at radius 3 is 2.38 bits per heavy atom. The summed E-state index contributed by atoms with van der Waals surface area (Å²) in [5.74, 6) is 1.57. The average molecular weight is 433 g/mol. The standard InChI is InChI=1S/C22H22Cl2N2O3/c1-28-15-3-4-20-16(11-15)17(12-25-20)13-5-7-26(8-6-13)22(27)14-9-18(23)21(29-2)19(24)10-14/h3-4,9-13,25H,5-8H2,1-2H3.